The molecular weight excluding hydrogens is 500 g/mol. The molecule has 40 heavy (non-hydrogen) atoms. The number of hydrogen-bond acceptors (Lipinski definition) is 4. The molecule has 5 heteroatoms. The zero-order chi connectivity index (χ0) is 30.4. The molecule has 0 aromatic rings. The van der Waals surface area contributed by atoms with E-state index in [0.717, 1.165) is 62.5 Å². The van der Waals surface area contributed by atoms with Crippen LogP contribution in [0.15, 0.2) is 47.1 Å². The van der Waals surface area contributed by atoms with Crippen LogP contribution in [-0.2, 0) is 4.79 Å². The summed E-state index contributed by atoms with van der Waals surface area (Å²) in [5.74, 6) is -0.499. The number of aliphatic carboxylic acids is 1. The Labute approximate surface area is 244 Å². The molecule has 0 bridgehead atoms. The predicted molar refractivity (Wildman–Crippen MR) is 165 cm³/mol. The van der Waals surface area contributed by atoms with Crippen LogP contribution in [0.25, 0.3) is 0 Å². The number of aliphatic hydroxyl groups excluding tert-OH is 3. The predicted octanol–water partition coefficient (Wildman–Crippen LogP) is 7.77. The monoisotopic (exact) mass is 558 g/mol. The SMILES string of the molecule is CC1(C)C=CC(CCC(O)C2=CC(C)(C)C=C(CCCCC(C)(C)CO)C2O)C(CCCCC(C)(C)C(=O)O)=C1. The largest absolute Gasteiger partial charge is 0.481 e. The average molecular weight is 559 g/mol. The van der Waals surface area contributed by atoms with Gasteiger partial charge in [-0.15, -0.1) is 0 Å². The average Bonchev–Trinajstić information content (AvgIpc) is 2.85. The zero-order valence-electron chi connectivity index (χ0n) is 26.6. The van der Waals surface area contributed by atoms with Crippen LogP contribution in [0.1, 0.15) is 120 Å². The van der Waals surface area contributed by atoms with Crippen LogP contribution in [0, 0.1) is 27.6 Å². The Hall–Kier alpha value is -1.69. The van der Waals surface area contributed by atoms with Gasteiger partial charge in [0, 0.05) is 17.4 Å². The molecule has 0 saturated carbocycles. The molecule has 3 atom stereocenters. The molecule has 0 aliphatic heterocycles. The molecule has 0 saturated heterocycles. The van der Waals surface area contributed by atoms with Gasteiger partial charge in [-0.05, 0) is 87.7 Å². The number of carbonyl (C=O) groups is 1. The fraction of sp³-hybridized carbons (Fsp3) is 0.743. The second-order valence-electron chi connectivity index (χ2n) is 15.1. The summed E-state index contributed by atoms with van der Waals surface area (Å²) in [6, 6.07) is 0. The summed E-state index contributed by atoms with van der Waals surface area (Å²) in [4.78, 5) is 11.5. The molecule has 0 spiro atoms. The minimum Gasteiger partial charge on any atom is -0.481 e. The maximum absolute atomic E-state index is 11.5. The first-order valence-electron chi connectivity index (χ1n) is 15.4. The molecule has 228 valence electrons. The molecule has 0 heterocycles. The number of unbranched alkanes of at least 4 members (excludes halogenated alkanes) is 2. The smallest absolute Gasteiger partial charge is 0.309 e. The highest BCUT2D eigenvalue weighted by Crippen LogP contribution is 2.39. The van der Waals surface area contributed by atoms with Crippen LogP contribution in [0.3, 0.4) is 0 Å². The lowest BCUT2D eigenvalue weighted by Gasteiger charge is -2.34. The van der Waals surface area contributed by atoms with E-state index >= 15 is 0 Å². The van der Waals surface area contributed by atoms with Gasteiger partial charge in [0.15, 0.2) is 0 Å². The zero-order valence-corrected chi connectivity index (χ0v) is 26.6. The summed E-state index contributed by atoms with van der Waals surface area (Å²) < 4.78 is 0. The second kappa shape index (κ2) is 14.0. The maximum atomic E-state index is 11.5. The van der Waals surface area contributed by atoms with E-state index in [1.807, 2.05) is 6.08 Å². The molecule has 3 unspecified atom stereocenters. The van der Waals surface area contributed by atoms with Crippen LogP contribution >= 0.6 is 0 Å². The lowest BCUT2D eigenvalue weighted by Crippen LogP contribution is -2.30. The Balaban J connectivity index is 1.99. The fourth-order valence-electron chi connectivity index (χ4n) is 5.99. The van der Waals surface area contributed by atoms with Crippen molar-refractivity contribution >= 4 is 5.97 Å². The topological polar surface area (TPSA) is 98.0 Å². The Morgan fingerprint density at radius 1 is 0.900 bits per heavy atom. The summed E-state index contributed by atoms with van der Waals surface area (Å²) in [6.45, 7) is 16.6. The number of carboxylic acid groups (broad SMARTS) is 1. The van der Waals surface area contributed by atoms with Crippen LogP contribution in [0.4, 0.5) is 0 Å². The molecule has 4 N–H and O–H groups in total. The molecule has 0 aromatic heterocycles. The van der Waals surface area contributed by atoms with E-state index in [9.17, 15) is 25.2 Å². The summed E-state index contributed by atoms with van der Waals surface area (Å²) in [6.07, 6.45) is 18.1. The number of allylic oxidation sites excluding steroid dienone is 6. The van der Waals surface area contributed by atoms with Crippen molar-refractivity contribution in [3.8, 4) is 0 Å². The van der Waals surface area contributed by atoms with E-state index in [2.05, 4.69) is 65.8 Å². The van der Waals surface area contributed by atoms with Crippen molar-refractivity contribution in [1.29, 1.82) is 0 Å². The van der Waals surface area contributed by atoms with Crippen molar-refractivity contribution in [3.63, 3.8) is 0 Å². The second-order valence-corrected chi connectivity index (χ2v) is 15.1. The van der Waals surface area contributed by atoms with E-state index in [-0.39, 0.29) is 28.8 Å². The van der Waals surface area contributed by atoms with Crippen molar-refractivity contribution in [2.75, 3.05) is 6.61 Å². The van der Waals surface area contributed by atoms with Gasteiger partial charge >= 0.3 is 5.97 Å². The van der Waals surface area contributed by atoms with Crippen LogP contribution in [-0.4, -0.2) is 45.2 Å². The summed E-state index contributed by atoms with van der Waals surface area (Å²) in [5, 5.41) is 41.5. The number of hydrogen-bond donors (Lipinski definition) is 4. The minimum absolute atomic E-state index is 0.0109. The van der Waals surface area contributed by atoms with Crippen LogP contribution in [0.2, 0.25) is 0 Å². The van der Waals surface area contributed by atoms with E-state index < -0.39 is 23.6 Å². The number of rotatable bonds is 16. The highest BCUT2D eigenvalue weighted by atomic mass is 16.4. The van der Waals surface area contributed by atoms with E-state index in [0.29, 0.717) is 12.8 Å². The van der Waals surface area contributed by atoms with E-state index in [4.69, 9.17) is 0 Å². The van der Waals surface area contributed by atoms with Crippen molar-refractivity contribution in [2.45, 2.75) is 132 Å². The standard InChI is InChI=1S/C35H58O5/c1-32(2)20-17-25(26(21-32)13-10-12-19-35(7,8)31(39)40)15-16-29(37)28-23-34(5,6)22-27(30(28)38)14-9-11-18-33(3,4)24-36/h17,20-23,25,29-30,36-38H,9-16,18-19,24H2,1-8H3,(H,39,40). The molecule has 5 nitrogen and oxygen atoms in total. The van der Waals surface area contributed by atoms with Gasteiger partial charge in [0.25, 0.3) is 0 Å². The third-order valence-corrected chi connectivity index (χ3v) is 8.78. The number of aliphatic hydroxyl groups is 3. The van der Waals surface area contributed by atoms with Gasteiger partial charge in [-0.3, -0.25) is 4.79 Å². The highest BCUT2D eigenvalue weighted by Gasteiger charge is 2.32. The summed E-state index contributed by atoms with van der Waals surface area (Å²) >= 11 is 0. The molecule has 0 aromatic carbocycles. The molecule has 0 radical (unpaired) electrons. The Kier molecular flexibility index (Phi) is 12.1. The van der Waals surface area contributed by atoms with E-state index in [1.165, 1.54) is 5.57 Å². The quantitative estimate of drug-likeness (QED) is 0.115. The van der Waals surface area contributed by atoms with Gasteiger partial charge < -0.3 is 20.4 Å². The van der Waals surface area contributed by atoms with Crippen LogP contribution < -0.4 is 0 Å². The molecule has 0 amide bonds. The summed E-state index contributed by atoms with van der Waals surface area (Å²) in [7, 11) is 0. The van der Waals surface area contributed by atoms with Gasteiger partial charge in [0.05, 0.1) is 17.6 Å². The molecular formula is C35H58O5. The van der Waals surface area contributed by atoms with Gasteiger partial charge in [0.2, 0.25) is 0 Å². The lowest BCUT2D eigenvalue weighted by atomic mass is 9.74. The number of carboxylic acids is 1. The molecule has 2 rings (SSSR count). The maximum Gasteiger partial charge on any atom is 0.309 e. The first-order valence-corrected chi connectivity index (χ1v) is 15.4. The first kappa shape index (κ1) is 34.5. The Morgan fingerprint density at radius 2 is 1.48 bits per heavy atom. The molecule has 0 fully saturated rings. The van der Waals surface area contributed by atoms with E-state index in [1.54, 1.807) is 13.8 Å². The highest BCUT2D eigenvalue weighted by molar-refractivity contribution is 5.73. The third kappa shape index (κ3) is 10.6. The summed E-state index contributed by atoms with van der Waals surface area (Å²) in [5.41, 5.74) is 2.08. The normalized spacial score (nSPS) is 23.3. The Morgan fingerprint density at radius 3 is 2.08 bits per heavy atom. The van der Waals surface area contributed by atoms with Crippen molar-refractivity contribution in [3.05, 3.63) is 47.1 Å². The van der Waals surface area contributed by atoms with Gasteiger partial charge in [-0.1, -0.05) is 90.3 Å². The van der Waals surface area contributed by atoms with Gasteiger partial charge in [0.1, 0.15) is 0 Å². The fourth-order valence-corrected chi connectivity index (χ4v) is 5.99. The first-order chi connectivity index (χ1) is 18.4. The van der Waals surface area contributed by atoms with Gasteiger partial charge in [-0.2, -0.15) is 0 Å². The van der Waals surface area contributed by atoms with Crippen molar-refractivity contribution in [1.82, 2.24) is 0 Å². The Bertz CT molecular complexity index is 976. The minimum atomic E-state index is -0.748. The van der Waals surface area contributed by atoms with Gasteiger partial charge in [-0.25, -0.2) is 0 Å². The van der Waals surface area contributed by atoms with Crippen LogP contribution in [0.5, 0.6) is 0 Å². The third-order valence-electron chi connectivity index (χ3n) is 8.78. The van der Waals surface area contributed by atoms with Crippen molar-refractivity contribution in [2.24, 2.45) is 27.6 Å². The van der Waals surface area contributed by atoms with Crippen molar-refractivity contribution < 1.29 is 25.2 Å². The molecule has 2 aliphatic carbocycles. The molecule has 2 aliphatic rings. The lowest BCUT2D eigenvalue weighted by molar-refractivity contribution is -0.147.